The van der Waals surface area contributed by atoms with Crippen LogP contribution in [0, 0.1) is 0 Å². The molecule has 0 saturated heterocycles. The van der Waals surface area contributed by atoms with Crippen LogP contribution in [-0.4, -0.2) is 40.8 Å². The summed E-state index contributed by atoms with van der Waals surface area (Å²) in [6.07, 6.45) is 0.283. The van der Waals surface area contributed by atoms with E-state index in [1.54, 1.807) is 6.26 Å². The molecule has 0 amide bonds. The van der Waals surface area contributed by atoms with E-state index in [2.05, 4.69) is 0 Å². The summed E-state index contributed by atoms with van der Waals surface area (Å²) in [5, 5.41) is 18.5. The Morgan fingerprint density at radius 1 is 1.45 bits per heavy atom. The summed E-state index contributed by atoms with van der Waals surface area (Å²) < 4.78 is 5.08. The molecular weight excluding hydrogens is 166 g/mol. The van der Waals surface area contributed by atoms with Gasteiger partial charge >= 0.3 is 0 Å². The Hall–Kier alpha value is 0.190. The van der Waals surface area contributed by atoms with Crippen molar-refractivity contribution in [3.63, 3.8) is 0 Å². The Labute approximate surface area is 69.9 Å². The van der Waals surface area contributed by atoms with Crippen molar-refractivity contribution in [2.24, 2.45) is 5.73 Å². The van der Waals surface area contributed by atoms with E-state index in [4.69, 9.17) is 9.92 Å². The molecule has 0 bridgehead atoms. The fourth-order valence-electron chi connectivity index (χ4n) is 1.24. The highest BCUT2D eigenvalue weighted by Crippen LogP contribution is 2.24. The molecule has 0 radical (unpaired) electrons. The third-order valence-corrected chi connectivity index (χ3v) is 2.33. The van der Waals surface area contributed by atoms with Gasteiger partial charge in [-0.25, -0.2) is 0 Å². The third kappa shape index (κ3) is 1.86. The lowest BCUT2D eigenvalue weighted by molar-refractivity contribution is -0.00567. The summed E-state index contributed by atoms with van der Waals surface area (Å²) >= 11 is 1.18. The van der Waals surface area contributed by atoms with Crippen LogP contribution >= 0.6 is 12.0 Å². The molecule has 1 fully saturated rings. The minimum atomic E-state index is -0.841. The molecule has 0 heterocycles. The molecule has 4 nitrogen and oxygen atoms in total. The van der Waals surface area contributed by atoms with Crippen LogP contribution in [0.2, 0.25) is 0 Å². The highest BCUT2D eigenvalue weighted by atomic mass is 32.2. The largest absolute Gasteiger partial charge is 0.389 e. The summed E-state index contributed by atoms with van der Waals surface area (Å²) in [7, 11) is 0. The molecule has 5 heteroatoms. The van der Waals surface area contributed by atoms with Gasteiger partial charge in [0.15, 0.2) is 0 Å². The maximum absolute atomic E-state index is 9.29. The van der Waals surface area contributed by atoms with Gasteiger partial charge in [0, 0.05) is 12.3 Å². The number of nitrogens with two attached hydrogens (primary N) is 1. The Kier molecular flexibility index (Phi) is 3.15. The first kappa shape index (κ1) is 9.28. The molecule has 0 spiro atoms. The molecule has 0 aliphatic heterocycles. The Morgan fingerprint density at radius 2 is 2.09 bits per heavy atom. The van der Waals surface area contributed by atoms with E-state index >= 15 is 0 Å². The van der Waals surface area contributed by atoms with Crippen molar-refractivity contribution in [1.29, 1.82) is 0 Å². The Morgan fingerprint density at radius 3 is 2.45 bits per heavy atom. The van der Waals surface area contributed by atoms with E-state index in [-0.39, 0.29) is 12.1 Å². The minimum absolute atomic E-state index is 0.324. The third-order valence-electron chi connectivity index (χ3n) is 1.89. The van der Waals surface area contributed by atoms with Crippen molar-refractivity contribution in [3.8, 4) is 0 Å². The number of aliphatic hydroxyl groups is 2. The van der Waals surface area contributed by atoms with Gasteiger partial charge in [-0.2, -0.15) is 0 Å². The van der Waals surface area contributed by atoms with Crippen molar-refractivity contribution < 1.29 is 14.4 Å². The van der Waals surface area contributed by atoms with E-state index < -0.39 is 12.2 Å². The molecule has 0 aromatic heterocycles. The molecule has 4 N–H and O–H groups in total. The lowest BCUT2D eigenvalue weighted by Crippen LogP contribution is -2.36. The van der Waals surface area contributed by atoms with Crippen molar-refractivity contribution in [3.05, 3.63) is 0 Å². The van der Waals surface area contributed by atoms with E-state index in [1.807, 2.05) is 0 Å². The molecule has 1 saturated carbocycles. The second-order valence-corrected chi connectivity index (χ2v) is 3.21. The predicted octanol–water partition coefficient (Wildman–Crippen LogP) is -0.898. The van der Waals surface area contributed by atoms with Crippen molar-refractivity contribution >= 4 is 12.0 Å². The number of rotatable bonds is 2. The van der Waals surface area contributed by atoms with Crippen LogP contribution in [-0.2, 0) is 4.18 Å². The van der Waals surface area contributed by atoms with Crippen molar-refractivity contribution in [2.75, 3.05) is 6.26 Å². The zero-order chi connectivity index (χ0) is 8.43. The molecule has 1 rings (SSSR count). The van der Waals surface area contributed by atoms with Crippen LogP contribution < -0.4 is 5.73 Å². The molecule has 0 aromatic rings. The van der Waals surface area contributed by atoms with E-state index in [1.165, 1.54) is 12.0 Å². The van der Waals surface area contributed by atoms with Gasteiger partial charge in [0.25, 0.3) is 0 Å². The molecule has 0 aromatic carbocycles. The molecule has 1 aliphatic rings. The standard InChI is InChI=1S/C6H13NO3S/c1-11-10-4-2-3(7)5(8)6(4)9/h3-6,8-9H,2,7H2,1H3. The lowest BCUT2D eigenvalue weighted by atomic mass is 10.2. The van der Waals surface area contributed by atoms with Crippen LogP contribution in [0.15, 0.2) is 0 Å². The van der Waals surface area contributed by atoms with E-state index in [0.29, 0.717) is 6.42 Å². The van der Waals surface area contributed by atoms with Gasteiger partial charge in [0.2, 0.25) is 0 Å². The molecule has 4 unspecified atom stereocenters. The van der Waals surface area contributed by atoms with Crippen LogP contribution in [0.5, 0.6) is 0 Å². The number of hydrogen-bond acceptors (Lipinski definition) is 5. The van der Waals surface area contributed by atoms with Gasteiger partial charge in [-0.1, -0.05) is 0 Å². The second kappa shape index (κ2) is 3.73. The first-order valence-electron chi connectivity index (χ1n) is 3.48. The van der Waals surface area contributed by atoms with Gasteiger partial charge in [-0.3, -0.25) is 0 Å². The fourth-order valence-corrected chi connectivity index (χ4v) is 1.68. The number of hydrogen-bond donors (Lipinski definition) is 3. The molecule has 66 valence electrons. The molecule has 4 atom stereocenters. The van der Waals surface area contributed by atoms with Crippen LogP contribution in [0.1, 0.15) is 6.42 Å². The maximum Gasteiger partial charge on any atom is 0.109 e. The zero-order valence-electron chi connectivity index (χ0n) is 6.30. The predicted molar refractivity (Wildman–Crippen MR) is 43.0 cm³/mol. The van der Waals surface area contributed by atoms with Crippen molar-refractivity contribution in [1.82, 2.24) is 0 Å². The molecule has 11 heavy (non-hydrogen) atoms. The zero-order valence-corrected chi connectivity index (χ0v) is 7.12. The topological polar surface area (TPSA) is 75.7 Å². The van der Waals surface area contributed by atoms with Crippen LogP contribution in [0.4, 0.5) is 0 Å². The average molecular weight is 179 g/mol. The Bertz CT molecular complexity index is 135. The normalized spacial score (nSPS) is 44.7. The molecular formula is C6H13NO3S. The van der Waals surface area contributed by atoms with Gasteiger partial charge in [-0.05, 0) is 18.5 Å². The van der Waals surface area contributed by atoms with Crippen molar-refractivity contribution in [2.45, 2.75) is 30.8 Å². The summed E-state index contributed by atoms with van der Waals surface area (Å²) in [5.74, 6) is 0. The van der Waals surface area contributed by atoms with Crippen LogP contribution in [0.25, 0.3) is 0 Å². The van der Waals surface area contributed by atoms with E-state index in [0.717, 1.165) is 0 Å². The summed E-state index contributed by atoms with van der Waals surface area (Å²) in [6.45, 7) is 0. The van der Waals surface area contributed by atoms with Gasteiger partial charge in [-0.15, -0.1) is 0 Å². The smallest absolute Gasteiger partial charge is 0.109 e. The molecule has 1 aliphatic carbocycles. The lowest BCUT2D eigenvalue weighted by Gasteiger charge is -2.14. The van der Waals surface area contributed by atoms with Gasteiger partial charge in [0.1, 0.15) is 12.2 Å². The minimum Gasteiger partial charge on any atom is -0.389 e. The number of aliphatic hydroxyl groups excluding tert-OH is 2. The summed E-state index contributed by atoms with van der Waals surface area (Å²) in [6, 6.07) is -0.359. The highest BCUT2D eigenvalue weighted by Gasteiger charge is 2.40. The van der Waals surface area contributed by atoms with Gasteiger partial charge < -0.3 is 20.1 Å². The van der Waals surface area contributed by atoms with E-state index in [9.17, 15) is 10.2 Å². The summed E-state index contributed by atoms with van der Waals surface area (Å²) in [5.41, 5.74) is 5.49. The maximum atomic E-state index is 9.29. The van der Waals surface area contributed by atoms with Crippen LogP contribution in [0.3, 0.4) is 0 Å². The Balaban J connectivity index is 2.45. The summed E-state index contributed by atoms with van der Waals surface area (Å²) in [4.78, 5) is 0. The fraction of sp³-hybridized carbons (Fsp3) is 1.00. The first-order valence-corrected chi connectivity index (χ1v) is 4.63. The SMILES string of the molecule is CSOC1CC(N)C(O)C1O. The van der Waals surface area contributed by atoms with Gasteiger partial charge in [0.05, 0.1) is 6.10 Å². The monoisotopic (exact) mass is 179 g/mol. The first-order chi connectivity index (χ1) is 5.16. The average Bonchev–Trinajstić information content (AvgIpc) is 2.19. The second-order valence-electron chi connectivity index (χ2n) is 2.68. The highest BCUT2D eigenvalue weighted by molar-refractivity contribution is 7.93. The quantitative estimate of drug-likeness (QED) is 0.479.